The molecular weight excluding hydrogens is 623 g/mol. The number of thioether (sulfide) groups is 1. The van der Waals surface area contributed by atoms with Gasteiger partial charge in [0.2, 0.25) is 0 Å². The van der Waals surface area contributed by atoms with E-state index in [0.717, 1.165) is 16.9 Å². The van der Waals surface area contributed by atoms with Crippen molar-refractivity contribution in [2.75, 3.05) is 5.32 Å². The van der Waals surface area contributed by atoms with Crippen LogP contribution in [0.3, 0.4) is 0 Å². The van der Waals surface area contributed by atoms with Gasteiger partial charge in [0, 0.05) is 25.5 Å². The third kappa shape index (κ3) is 7.02. The summed E-state index contributed by atoms with van der Waals surface area (Å²) < 4.78 is 3.12. The zero-order chi connectivity index (χ0) is 26.4. The van der Waals surface area contributed by atoms with E-state index in [4.69, 9.17) is 11.6 Å². The fourth-order valence-corrected chi connectivity index (χ4v) is 5.13. The number of anilines is 1. The van der Waals surface area contributed by atoms with Crippen molar-refractivity contribution < 1.29 is 9.90 Å². The first-order chi connectivity index (χ1) is 17.8. The third-order valence-electron chi connectivity index (χ3n) is 5.36. The van der Waals surface area contributed by atoms with Crippen molar-refractivity contribution in [3.8, 4) is 11.4 Å². The molecule has 1 amide bonds. The number of phenols is 1. The maximum absolute atomic E-state index is 12.7. The number of hydrogen-bond acceptors (Lipinski definition) is 7. The van der Waals surface area contributed by atoms with Gasteiger partial charge in [0.15, 0.2) is 11.0 Å². The van der Waals surface area contributed by atoms with Gasteiger partial charge in [0.05, 0.1) is 18.0 Å². The minimum atomic E-state index is -0.518. The number of halogens is 2. The minimum Gasteiger partial charge on any atom is -0.507 e. The van der Waals surface area contributed by atoms with Crippen LogP contribution >= 0.6 is 46.0 Å². The monoisotopic (exact) mass is 646 g/mol. The van der Waals surface area contributed by atoms with Crippen molar-refractivity contribution >= 4 is 63.8 Å². The minimum absolute atomic E-state index is 0.0161. The van der Waals surface area contributed by atoms with Crippen LogP contribution in [0.1, 0.15) is 23.9 Å². The van der Waals surface area contributed by atoms with E-state index >= 15 is 0 Å². The topological polar surface area (TPSA) is 104 Å². The number of rotatable bonds is 9. The van der Waals surface area contributed by atoms with Crippen molar-refractivity contribution in [1.82, 2.24) is 20.2 Å². The first-order valence-corrected chi connectivity index (χ1v) is 13.6. The summed E-state index contributed by atoms with van der Waals surface area (Å²) in [6.45, 7) is 4.28. The van der Waals surface area contributed by atoms with Crippen LogP contribution in [0.4, 0.5) is 5.69 Å². The molecule has 0 spiro atoms. The molecule has 0 saturated heterocycles. The van der Waals surface area contributed by atoms with Gasteiger partial charge in [0.25, 0.3) is 5.91 Å². The molecule has 3 N–H and O–H groups in total. The van der Waals surface area contributed by atoms with Crippen molar-refractivity contribution in [3.63, 3.8) is 0 Å². The number of para-hydroxylation sites is 1. The Kier molecular flexibility index (Phi) is 9.06. The molecule has 0 aliphatic carbocycles. The number of hydrogen-bond donors (Lipinski definition) is 3. The highest BCUT2D eigenvalue weighted by Gasteiger charge is 2.21. The molecule has 37 heavy (non-hydrogen) atoms. The Bertz CT molecular complexity index is 1430. The lowest BCUT2D eigenvalue weighted by molar-refractivity contribution is -0.120. The van der Waals surface area contributed by atoms with Crippen LogP contribution < -0.4 is 10.7 Å². The largest absolute Gasteiger partial charge is 0.507 e. The van der Waals surface area contributed by atoms with Crippen LogP contribution in [0.2, 0.25) is 5.02 Å². The van der Waals surface area contributed by atoms with E-state index < -0.39 is 5.25 Å². The van der Waals surface area contributed by atoms with Crippen molar-refractivity contribution in [2.24, 2.45) is 5.10 Å². The summed E-state index contributed by atoms with van der Waals surface area (Å²) in [5.74, 6) is 0.413. The van der Waals surface area contributed by atoms with Gasteiger partial charge in [-0.2, -0.15) is 5.10 Å². The fraction of sp³-hybridized carbons (Fsp3) is 0.154. The van der Waals surface area contributed by atoms with E-state index in [2.05, 4.69) is 67.7 Å². The summed E-state index contributed by atoms with van der Waals surface area (Å²) in [5.41, 5.74) is 5.97. The first-order valence-electron chi connectivity index (χ1n) is 11.3. The molecule has 1 heterocycles. The number of hydrazone groups is 1. The summed E-state index contributed by atoms with van der Waals surface area (Å²) in [7, 11) is 0. The first kappa shape index (κ1) is 27.0. The lowest BCUT2D eigenvalue weighted by Gasteiger charge is -2.14. The highest BCUT2D eigenvalue weighted by Crippen LogP contribution is 2.27. The van der Waals surface area contributed by atoms with Gasteiger partial charge in [-0.3, -0.25) is 9.36 Å². The molecule has 1 atom stereocenters. The molecule has 11 heteroatoms. The normalized spacial score (nSPS) is 12.0. The van der Waals surface area contributed by atoms with E-state index in [1.54, 1.807) is 19.1 Å². The number of amides is 1. The Balaban J connectivity index is 1.49. The Hall–Kier alpha value is -3.09. The van der Waals surface area contributed by atoms with Crippen LogP contribution in [0, 0.1) is 10.5 Å². The average Bonchev–Trinajstić information content (AvgIpc) is 3.28. The lowest BCUT2D eigenvalue weighted by Crippen LogP contribution is -2.27. The highest BCUT2D eigenvalue weighted by atomic mass is 127. The molecule has 0 bridgehead atoms. The van der Waals surface area contributed by atoms with Gasteiger partial charge in [-0.1, -0.05) is 41.6 Å². The Morgan fingerprint density at radius 1 is 1.19 bits per heavy atom. The zero-order valence-corrected chi connectivity index (χ0v) is 23.8. The molecule has 0 radical (unpaired) electrons. The number of aryl methyl sites for hydroxylation is 1. The molecular formula is C26H24ClIN6O2S. The average molecular weight is 647 g/mol. The van der Waals surface area contributed by atoms with Crippen LogP contribution in [-0.4, -0.2) is 37.2 Å². The summed E-state index contributed by atoms with van der Waals surface area (Å²) in [4.78, 5) is 12.7. The number of nitrogens with zero attached hydrogens (tertiary/aromatic N) is 4. The standard InChI is InChI=1S/C26H24ClIN6O2S/c1-16-12-20(28)9-10-22(16)29-15-24-31-33-26(34(24)21-6-4-3-5-7-21)37-17(2)25(36)32-30-14-18-13-19(27)8-11-23(18)35/h3-14,17,29,35H,15H2,1-2H3,(H,32,36)/b30-14+. The number of carbonyl (C=O) groups excluding carboxylic acids is 1. The summed E-state index contributed by atoms with van der Waals surface area (Å²) >= 11 is 9.52. The van der Waals surface area contributed by atoms with E-state index in [9.17, 15) is 9.90 Å². The molecule has 0 aliphatic rings. The molecule has 1 unspecified atom stereocenters. The van der Waals surface area contributed by atoms with Crippen LogP contribution in [0.25, 0.3) is 5.69 Å². The van der Waals surface area contributed by atoms with Gasteiger partial charge < -0.3 is 10.4 Å². The van der Waals surface area contributed by atoms with E-state index in [-0.39, 0.29) is 11.7 Å². The SMILES string of the molecule is Cc1cc(I)ccc1NCc1nnc(SC(C)C(=O)N/N=C/c2cc(Cl)ccc2O)n1-c1ccccc1. The molecule has 1 aromatic heterocycles. The Morgan fingerprint density at radius 3 is 2.73 bits per heavy atom. The summed E-state index contributed by atoms with van der Waals surface area (Å²) in [6.07, 6.45) is 1.35. The molecule has 4 rings (SSSR count). The molecule has 8 nitrogen and oxygen atoms in total. The van der Waals surface area contributed by atoms with Gasteiger partial charge >= 0.3 is 0 Å². The van der Waals surface area contributed by atoms with Crippen LogP contribution in [-0.2, 0) is 11.3 Å². The van der Waals surface area contributed by atoms with Crippen LogP contribution in [0.5, 0.6) is 5.75 Å². The summed E-state index contributed by atoms with van der Waals surface area (Å²) in [5, 5.41) is 26.6. The molecule has 3 aromatic carbocycles. The third-order valence-corrected chi connectivity index (χ3v) is 7.31. The number of carbonyl (C=O) groups is 1. The Morgan fingerprint density at radius 2 is 1.97 bits per heavy atom. The number of aromatic nitrogens is 3. The van der Waals surface area contributed by atoms with Gasteiger partial charge in [-0.25, -0.2) is 5.43 Å². The quantitative estimate of drug-likeness (QED) is 0.0922. The lowest BCUT2D eigenvalue weighted by atomic mass is 10.2. The molecule has 0 aliphatic heterocycles. The molecule has 4 aromatic rings. The highest BCUT2D eigenvalue weighted by molar-refractivity contribution is 14.1. The van der Waals surface area contributed by atoms with Gasteiger partial charge in [-0.05, 0) is 90.5 Å². The second kappa shape index (κ2) is 12.4. The zero-order valence-electron chi connectivity index (χ0n) is 20.0. The smallest absolute Gasteiger partial charge is 0.253 e. The number of phenolic OH excluding ortho intramolecular Hbond substituents is 1. The van der Waals surface area contributed by atoms with E-state index in [1.807, 2.05) is 41.0 Å². The summed E-state index contributed by atoms with van der Waals surface area (Å²) in [6, 6.07) is 20.6. The maximum Gasteiger partial charge on any atom is 0.253 e. The number of benzene rings is 3. The molecule has 0 fully saturated rings. The van der Waals surface area contributed by atoms with Gasteiger partial charge in [-0.15, -0.1) is 10.2 Å². The van der Waals surface area contributed by atoms with Crippen molar-refractivity contribution in [3.05, 3.63) is 92.3 Å². The second-order valence-electron chi connectivity index (χ2n) is 8.08. The number of nitrogens with one attached hydrogen (secondary N) is 2. The van der Waals surface area contributed by atoms with E-state index in [0.29, 0.717) is 28.1 Å². The molecule has 0 saturated carbocycles. The predicted octanol–water partition coefficient (Wildman–Crippen LogP) is 5.78. The van der Waals surface area contributed by atoms with Crippen LogP contribution in [0.15, 0.2) is 77.0 Å². The fourth-order valence-electron chi connectivity index (χ4n) is 3.42. The van der Waals surface area contributed by atoms with Crippen molar-refractivity contribution in [1.29, 1.82) is 0 Å². The van der Waals surface area contributed by atoms with E-state index in [1.165, 1.54) is 27.6 Å². The number of aromatic hydroxyl groups is 1. The second-order valence-corrected chi connectivity index (χ2v) is 11.1. The predicted molar refractivity (Wildman–Crippen MR) is 157 cm³/mol. The van der Waals surface area contributed by atoms with Crippen molar-refractivity contribution in [2.45, 2.75) is 30.8 Å². The molecule has 190 valence electrons. The Labute approximate surface area is 237 Å². The maximum atomic E-state index is 12.7. The van der Waals surface area contributed by atoms with Gasteiger partial charge in [0.1, 0.15) is 5.75 Å².